The van der Waals surface area contributed by atoms with Crippen molar-refractivity contribution in [3.63, 3.8) is 0 Å². The molecule has 1 saturated heterocycles. The van der Waals surface area contributed by atoms with E-state index in [1.165, 1.54) is 17.3 Å². The van der Waals surface area contributed by atoms with E-state index >= 15 is 0 Å². The van der Waals surface area contributed by atoms with Crippen LogP contribution in [0, 0.1) is 5.92 Å². The molecule has 190 valence electrons. The second-order valence-electron chi connectivity index (χ2n) is 9.63. The number of carbonyl (C=O) groups is 2. The number of nitrogens with zero attached hydrogens (tertiary/aromatic N) is 2. The lowest BCUT2D eigenvalue weighted by Gasteiger charge is -2.27. The molecular weight excluding hydrogens is 502 g/mol. The number of fused-ring (bicyclic) bond motifs is 1. The molecule has 7 heteroatoms. The summed E-state index contributed by atoms with van der Waals surface area (Å²) in [5.41, 5.74) is 3.42. The fraction of sp³-hybridized carbons (Fsp3) is 0.267. The Morgan fingerprint density at radius 2 is 1.89 bits per heavy atom. The third kappa shape index (κ3) is 5.61. The van der Waals surface area contributed by atoms with Crippen molar-refractivity contribution in [3.8, 4) is 0 Å². The number of likely N-dealkylation sites (tertiary alicyclic amines) is 1. The number of hydrogen-bond donors (Lipinski definition) is 1. The smallest absolute Gasteiger partial charge is 0.264 e. The highest BCUT2D eigenvalue weighted by Gasteiger charge is 2.29. The molecule has 3 aromatic rings. The first kappa shape index (κ1) is 25.6. The third-order valence-corrected chi connectivity index (χ3v) is 8.63. The predicted octanol–water partition coefficient (Wildman–Crippen LogP) is 6.26. The number of amides is 2. The number of halogens is 1. The van der Waals surface area contributed by atoms with E-state index in [9.17, 15) is 9.59 Å². The molecule has 1 fully saturated rings. The first-order chi connectivity index (χ1) is 17.9. The molecule has 2 heterocycles. The summed E-state index contributed by atoms with van der Waals surface area (Å²) in [6.45, 7) is 4.88. The zero-order valence-electron chi connectivity index (χ0n) is 21.0. The Morgan fingerprint density at radius 3 is 2.68 bits per heavy atom. The number of hydrogen-bond acceptors (Lipinski definition) is 4. The Morgan fingerprint density at radius 1 is 1.14 bits per heavy atom. The monoisotopic (exact) mass is 531 g/mol. The number of nitrogens with one attached hydrogen (secondary N) is 1. The lowest BCUT2D eigenvalue weighted by atomic mass is 10.1. The molecule has 1 N–H and O–H groups in total. The summed E-state index contributed by atoms with van der Waals surface area (Å²) >= 11 is 7.69. The minimum absolute atomic E-state index is 0.111. The Kier molecular flexibility index (Phi) is 7.70. The van der Waals surface area contributed by atoms with Crippen molar-refractivity contribution in [2.75, 3.05) is 31.6 Å². The highest BCUT2D eigenvalue weighted by Crippen LogP contribution is 2.42. The first-order valence-electron chi connectivity index (χ1n) is 12.5. The molecule has 2 aliphatic rings. The van der Waals surface area contributed by atoms with Gasteiger partial charge in [0.15, 0.2) is 0 Å². The maximum Gasteiger partial charge on any atom is 0.264 e. The standard InChI is InChI=1S/C30H30ClN3O2S/c1-20(22-8-4-3-5-9-22)34-15-14-21(19-34)18-32-29(35)24-12-13-27-26(16-24)33(2)30(36)28(37-27)17-23-10-6-7-11-25(23)31/h3-13,16-17,20-21H,14-15,18-19H2,1-2H3,(H,32,35)/b28-17+/t20-,21-/m1/s1. The Labute approximate surface area is 227 Å². The van der Waals surface area contributed by atoms with E-state index in [0.717, 1.165) is 35.7 Å². The number of benzene rings is 3. The fourth-order valence-corrected chi connectivity index (χ4v) is 6.20. The molecule has 0 radical (unpaired) electrons. The third-order valence-electron chi connectivity index (χ3n) is 7.21. The van der Waals surface area contributed by atoms with Gasteiger partial charge in [-0.25, -0.2) is 0 Å². The van der Waals surface area contributed by atoms with Crippen LogP contribution in [0.15, 0.2) is 82.6 Å². The van der Waals surface area contributed by atoms with Gasteiger partial charge in [-0.05, 0) is 67.3 Å². The van der Waals surface area contributed by atoms with Gasteiger partial charge < -0.3 is 10.2 Å². The lowest BCUT2D eigenvalue weighted by molar-refractivity contribution is -0.114. The van der Waals surface area contributed by atoms with Gasteiger partial charge in [0.1, 0.15) is 0 Å². The molecule has 2 atom stereocenters. The Balaban J connectivity index is 1.22. The van der Waals surface area contributed by atoms with Gasteiger partial charge in [0.05, 0.1) is 10.6 Å². The van der Waals surface area contributed by atoms with Gasteiger partial charge in [0.25, 0.3) is 11.8 Å². The number of anilines is 1. The van der Waals surface area contributed by atoms with Crippen molar-refractivity contribution in [1.82, 2.24) is 10.2 Å². The fourth-order valence-electron chi connectivity index (χ4n) is 4.93. The van der Waals surface area contributed by atoms with Crippen LogP contribution >= 0.6 is 23.4 Å². The van der Waals surface area contributed by atoms with Gasteiger partial charge in [-0.2, -0.15) is 0 Å². The van der Waals surface area contributed by atoms with Crippen molar-refractivity contribution in [1.29, 1.82) is 0 Å². The maximum atomic E-state index is 13.1. The Hall–Kier alpha value is -3.06. The molecular formula is C30H30ClN3O2S. The summed E-state index contributed by atoms with van der Waals surface area (Å²) in [5, 5.41) is 3.72. The van der Waals surface area contributed by atoms with Crippen molar-refractivity contribution in [2.45, 2.75) is 24.3 Å². The first-order valence-corrected chi connectivity index (χ1v) is 13.7. The molecule has 2 aliphatic heterocycles. The van der Waals surface area contributed by atoms with E-state index in [1.54, 1.807) is 24.1 Å². The van der Waals surface area contributed by atoms with Crippen LogP contribution in [0.3, 0.4) is 0 Å². The highest BCUT2D eigenvalue weighted by molar-refractivity contribution is 8.04. The van der Waals surface area contributed by atoms with E-state index in [-0.39, 0.29) is 11.8 Å². The highest BCUT2D eigenvalue weighted by atomic mass is 35.5. The maximum absolute atomic E-state index is 13.1. The molecule has 0 bridgehead atoms. The SMILES string of the molecule is C[C@H](c1ccccc1)N1CC[C@H](CNC(=O)c2ccc3c(c2)N(C)C(=O)/C(=C\c2ccccc2Cl)S3)C1. The molecule has 0 unspecified atom stereocenters. The van der Waals surface area contributed by atoms with Crippen LogP contribution in [0.5, 0.6) is 0 Å². The summed E-state index contributed by atoms with van der Waals surface area (Å²) in [4.78, 5) is 31.7. The van der Waals surface area contributed by atoms with E-state index in [4.69, 9.17) is 11.6 Å². The molecule has 5 rings (SSSR count). The molecule has 2 amide bonds. The van der Waals surface area contributed by atoms with E-state index in [1.807, 2.05) is 42.5 Å². The summed E-state index contributed by atoms with van der Waals surface area (Å²) in [7, 11) is 1.74. The van der Waals surface area contributed by atoms with Crippen LogP contribution in [0.4, 0.5) is 5.69 Å². The number of likely N-dealkylation sites (N-methyl/N-ethyl adjacent to an activating group) is 1. The van der Waals surface area contributed by atoms with Crippen molar-refractivity contribution in [3.05, 3.63) is 99.4 Å². The quantitative estimate of drug-likeness (QED) is 0.381. The molecule has 37 heavy (non-hydrogen) atoms. The summed E-state index contributed by atoms with van der Waals surface area (Å²) < 4.78 is 0. The summed E-state index contributed by atoms with van der Waals surface area (Å²) in [6, 6.07) is 23.9. The van der Waals surface area contributed by atoms with Crippen LogP contribution in [0.25, 0.3) is 6.08 Å². The molecule has 0 aromatic heterocycles. The predicted molar refractivity (Wildman–Crippen MR) is 152 cm³/mol. The molecule has 0 aliphatic carbocycles. The summed E-state index contributed by atoms with van der Waals surface area (Å²) in [6.07, 6.45) is 2.88. The zero-order valence-corrected chi connectivity index (χ0v) is 22.6. The van der Waals surface area contributed by atoms with Crippen molar-refractivity contribution in [2.24, 2.45) is 5.92 Å². The van der Waals surface area contributed by atoms with E-state index < -0.39 is 0 Å². The molecule has 3 aromatic carbocycles. The average molecular weight is 532 g/mol. The number of rotatable bonds is 6. The van der Waals surface area contributed by atoms with Gasteiger partial charge in [-0.1, -0.05) is 71.9 Å². The lowest BCUT2D eigenvalue weighted by Crippen LogP contribution is -2.33. The summed E-state index contributed by atoms with van der Waals surface area (Å²) in [5.74, 6) is 0.194. The topological polar surface area (TPSA) is 52.7 Å². The van der Waals surface area contributed by atoms with Crippen LogP contribution in [0.2, 0.25) is 5.02 Å². The largest absolute Gasteiger partial charge is 0.352 e. The van der Waals surface area contributed by atoms with Crippen LogP contribution < -0.4 is 10.2 Å². The minimum atomic E-state index is -0.117. The van der Waals surface area contributed by atoms with Crippen LogP contribution in [-0.4, -0.2) is 43.4 Å². The number of thioether (sulfide) groups is 1. The molecule has 0 spiro atoms. The van der Waals surface area contributed by atoms with Gasteiger partial charge in [0.2, 0.25) is 0 Å². The van der Waals surface area contributed by atoms with Gasteiger partial charge >= 0.3 is 0 Å². The van der Waals surface area contributed by atoms with Gasteiger partial charge in [-0.3, -0.25) is 14.5 Å². The zero-order chi connectivity index (χ0) is 25.9. The average Bonchev–Trinajstić information content (AvgIpc) is 3.40. The Bertz CT molecular complexity index is 1340. The molecule has 5 nitrogen and oxygen atoms in total. The van der Waals surface area contributed by atoms with Crippen molar-refractivity contribution < 1.29 is 9.59 Å². The van der Waals surface area contributed by atoms with E-state index in [2.05, 4.69) is 41.4 Å². The molecule has 0 saturated carbocycles. The van der Waals surface area contributed by atoms with Crippen molar-refractivity contribution >= 4 is 46.9 Å². The second-order valence-corrected chi connectivity index (χ2v) is 11.1. The number of carbonyl (C=O) groups excluding carboxylic acids is 2. The van der Waals surface area contributed by atoms with Crippen LogP contribution in [0.1, 0.15) is 40.9 Å². The van der Waals surface area contributed by atoms with Gasteiger partial charge in [0, 0.05) is 41.7 Å². The van der Waals surface area contributed by atoms with E-state index in [0.29, 0.717) is 34.0 Å². The second kappa shape index (κ2) is 11.1. The minimum Gasteiger partial charge on any atom is -0.352 e. The normalized spacial score (nSPS) is 19.6. The van der Waals surface area contributed by atoms with Crippen LogP contribution in [-0.2, 0) is 4.79 Å². The van der Waals surface area contributed by atoms with Gasteiger partial charge in [-0.15, -0.1) is 0 Å².